The molecule has 94 valence electrons. The highest BCUT2D eigenvalue weighted by Crippen LogP contribution is 2.31. The Hall–Kier alpha value is -1.68. The Balaban J connectivity index is 2.33. The molecule has 0 unspecified atom stereocenters. The summed E-state index contributed by atoms with van der Waals surface area (Å²) in [5.41, 5.74) is 9.59. The van der Waals surface area contributed by atoms with Gasteiger partial charge in [0.15, 0.2) is 0 Å². The van der Waals surface area contributed by atoms with E-state index in [1.165, 1.54) is 0 Å². The lowest BCUT2D eigenvalue weighted by molar-refractivity contribution is 0.415. The number of hydrogen-bond acceptors (Lipinski definition) is 3. The molecule has 3 N–H and O–H groups in total. The summed E-state index contributed by atoms with van der Waals surface area (Å²) in [6.45, 7) is 2.02. The van der Waals surface area contributed by atoms with E-state index in [-0.39, 0.29) is 0 Å². The van der Waals surface area contributed by atoms with Crippen LogP contribution in [0.4, 0.5) is 17.1 Å². The van der Waals surface area contributed by atoms with Crippen molar-refractivity contribution in [1.82, 2.24) is 0 Å². The second kappa shape index (κ2) is 5.31. The smallest absolute Gasteiger partial charge is 0.121 e. The summed E-state index contributed by atoms with van der Waals surface area (Å²) in [7, 11) is 1.65. The molecule has 0 heterocycles. The summed E-state index contributed by atoms with van der Waals surface area (Å²) in [5.74, 6) is 0.814. The van der Waals surface area contributed by atoms with E-state index in [0.717, 1.165) is 32.8 Å². The van der Waals surface area contributed by atoms with E-state index in [1.54, 1.807) is 7.11 Å². The molecule has 18 heavy (non-hydrogen) atoms. The number of nitrogens with one attached hydrogen (secondary N) is 1. The molecular weight excluding hydrogens is 292 g/mol. The van der Waals surface area contributed by atoms with E-state index in [1.807, 2.05) is 43.3 Å². The molecule has 0 aliphatic rings. The van der Waals surface area contributed by atoms with Gasteiger partial charge in [0, 0.05) is 21.9 Å². The van der Waals surface area contributed by atoms with E-state index in [4.69, 9.17) is 10.5 Å². The predicted molar refractivity (Wildman–Crippen MR) is 79.6 cm³/mol. The molecule has 3 nitrogen and oxygen atoms in total. The summed E-state index contributed by atoms with van der Waals surface area (Å²) in [6.07, 6.45) is 0. The minimum Gasteiger partial charge on any atom is -0.497 e. The van der Waals surface area contributed by atoms with Gasteiger partial charge in [-0.05, 0) is 58.7 Å². The normalized spacial score (nSPS) is 10.2. The maximum absolute atomic E-state index is 5.74. The zero-order valence-corrected chi connectivity index (χ0v) is 11.9. The van der Waals surface area contributed by atoms with Crippen LogP contribution in [0.15, 0.2) is 40.9 Å². The summed E-state index contributed by atoms with van der Waals surface area (Å²) < 4.78 is 6.20. The number of halogens is 1. The van der Waals surface area contributed by atoms with Crippen molar-refractivity contribution in [3.05, 3.63) is 46.4 Å². The van der Waals surface area contributed by atoms with Gasteiger partial charge in [-0.2, -0.15) is 0 Å². The lowest BCUT2D eigenvalue weighted by Gasteiger charge is -2.13. The first kappa shape index (κ1) is 12.8. The summed E-state index contributed by atoms with van der Waals surface area (Å²) in [4.78, 5) is 0. The van der Waals surface area contributed by atoms with Crippen molar-refractivity contribution in [2.75, 3.05) is 18.2 Å². The van der Waals surface area contributed by atoms with Gasteiger partial charge in [-0.3, -0.25) is 0 Å². The highest BCUT2D eigenvalue weighted by Gasteiger charge is 2.04. The van der Waals surface area contributed by atoms with Crippen LogP contribution in [0.1, 0.15) is 5.56 Å². The maximum atomic E-state index is 5.74. The van der Waals surface area contributed by atoms with Gasteiger partial charge >= 0.3 is 0 Å². The average molecular weight is 307 g/mol. The Morgan fingerprint density at radius 2 is 1.89 bits per heavy atom. The zero-order chi connectivity index (χ0) is 13.1. The van der Waals surface area contributed by atoms with Crippen molar-refractivity contribution in [3.8, 4) is 5.75 Å². The molecule has 0 aliphatic carbocycles. The van der Waals surface area contributed by atoms with Crippen LogP contribution in [0.5, 0.6) is 5.75 Å². The van der Waals surface area contributed by atoms with Gasteiger partial charge in [0.25, 0.3) is 0 Å². The minimum atomic E-state index is 0.766. The van der Waals surface area contributed by atoms with Crippen LogP contribution in [0, 0.1) is 6.92 Å². The maximum Gasteiger partial charge on any atom is 0.121 e. The summed E-state index contributed by atoms with van der Waals surface area (Å²) in [6, 6.07) is 11.6. The molecule has 0 radical (unpaired) electrons. The summed E-state index contributed by atoms with van der Waals surface area (Å²) >= 11 is 3.51. The molecule has 2 aromatic rings. The highest BCUT2D eigenvalue weighted by atomic mass is 79.9. The monoisotopic (exact) mass is 306 g/mol. The fourth-order valence-electron chi connectivity index (χ4n) is 1.70. The van der Waals surface area contributed by atoms with Gasteiger partial charge in [-0.25, -0.2) is 0 Å². The first-order chi connectivity index (χ1) is 8.60. The van der Waals surface area contributed by atoms with Crippen LogP contribution in [0.2, 0.25) is 0 Å². The van der Waals surface area contributed by atoms with Crippen molar-refractivity contribution in [3.63, 3.8) is 0 Å². The number of anilines is 3. The first-order valence-corrected chi connectivity index (χ1v) is 6.36. The van der Waals surface area contributed by atoms with E-state index in [0.29, 0.717) is 0 Å². The van der Waals surface area contributed by atoms with Crippen LogP contribution in [-0.4, -0.2) is 7.11 Å². The van der Waals surface area contributed by atoms with Gasteiger partial charge in [-0.1, -0.05) is 0 Å². The topological polar surface area (TPSA) is 47.3 Å². The van der Waals surface area contributed by atoms with Crippen molar-refractivity contribution in [2.24, 2.45) is 0 Å². The Labute approximate surface area is 115 Å². The number of nitrogen functional groups attached to an aromatic ring is 1. The van der Waals surface area contributed by atoms with Crippen molar-refractivity contribution < 1.29 is 4.74 Å². The number of rotatable bonds is 3. The van der Waals surface area contributed by atoms with Gasteiger partial charge in [0.05, 0.1) is 12.8 Å². The third-order valence-electron chi connectivity index (χ3n) is 2.69. The quantitative estimate of drug-likeness (QED) is 0.840. The second-order valence-electron chi connectivity index (χ2n) is 4.05. The highest BCUT2D eigenvalue weighted by molar-refractivity contribution is 9.10. The number of methoxy groups -OCH3 is 1. The molecule has 0 saturated carbocycles. The van der Waals surface area contributed by atoms with E-state index in [2.05, 4.69) is 21.2 Å². The number of aryl methyl sites for hydroxylation is 1. The molecule has 4 heteroatoms. The summed E-state index contributed by atoms with van der Waals surface area (Å²) in [5, 5.41) is 3.36. The molecule has 0 saturated heterocycles. The van der Waals surface area contributed by atoms with Crippen LogP contribution < -0.4 is 15.8 Å². The van der Waals surface area contributed by atoms with E-state index in [9.17, 15) is 0 Å². The first-order valence-electron chi connectivity index (χ1n) is 5.57. The van der Waals surface area contributed by atoms with Crippen molar-refractivity contribution in [2.45, 2.75) is 6.92 Å². The Kier molecular flexibility index (Phi) is 3.77. The third-order valence-corrected chi connectivity index (χ3v) is 3.38. The Bertz CT molecular complexity index is 570. The largest absolute Gasteiger partial charge is 0.497 e. The third kappa shape index (κ3) is 2.76. The molecule has 0 aromatic heterocycles. The molecule has 2 rings (SSSR count). The fraction of sp³-hybridized carbons (Fsp3) is 0.143. The van der Waals surface area contributed by atoms with Gasteiger partial charge in [0.2, 0.25) is 0 Å². The fourth-order valence-corrected chi connectivity index (χ4v) is 2.05. The SMILES string of the molecule is COc1ccc(Br)c(Nc2ccc(N)cc2C)c1. The Morgan fingerprint density at radius 1 is 1.11 bits per heavy atom. The Morgan fingerprint density at radius 3 is 2.56 bits per heavy atom. The number of nitrogens with two attached hydrogens (primary N) is 1. The molecule has 2 aromatic carbocycles. The number of hydrogen-bond donors (Lipinski definition) is 2. The molecule has 0 aliphatic heterocycles. The van der Waals surface area contributed by atoms with Crippen LogP contribution in [0.25, 0.3) is 0 Å². The minimum absolute atomic E-state index is 0.766. The van der Waals surface area contributed by atoms with Gasteiger partial charge in [0.1, 0.15) is 5.75 Å². The van der Waals surface area contributed by atoms with Crippen LogP contribution in [0.3, 0.4) is 0 Å². The van der Waals surface area contributed by atoms with E-state index >= 15 is 0 Å². The second-order valence-corrected chi connectivity index (χ2v) is 4.90. The standard InChI is InChI=1S/C14H15BrN2O/c1-9-7-10(16)3-6-13(9)17-14-8-11(18-2)4-5-12(14)15/h3-8,17H,16H2,1-2H3. The molecule has 0 amide bonds. The van der Waals surface area contributed by atoms with Gasteiger partial charge < -0.3 is 15.8 Å². The number of ether oxygens (including phenoxy) is 1. The molecule has 0 bridgehead atoms. The predicted octanol–water partition coefficient (Wildman–Crippen LogP) is 4.09. The van der Waals surface area contributed by atoms with Gasteiger partial charge in [-0.15, -0.1) is 0 Å². The molecular formula is C14H15BrN2O. The number of benzene rings is 2. The molecule has 0 fully saturated rings. The zero-order valence-electron chi connectivity index (χ0n) is 10.3. The van der Waals surface area contributed by atoms with Crippen LogP contribution in [-0.2, 0) is 0 Å². The molecule has 0 atom stereocenters. The lowest BCUT2D eigenvalue weighted by Crippen LogP contribution is -1.96. The van der Waals surface area contributed by atoms with E-state index < -0.39 is 0 Å². The van der Waals surface area contributed by atoms with Crippen molar-refractivity contribution >= 4 is 33.0 Å². The average Bonchev–Trinajstić information content (AvgIpc) is 2.35. The van der Waals surface area contributed by atoms with Crippen LogP contribution >= 0.6 is 15.9 Å². The molecule has 0 spiro atoms. The lowest BCUT2D eigenvalue weighted by atomic mass is 10.1. The van der Waals surface area contributed by atoms with Crippen molar-refractivity contribution in [1.29, 1.82) is 0 Å².